The Labute approximate surface area is 144 Å². The molecule has 0 aliphatic carbocycles. The van der Waals surface area contributed by atoms with Gasteiger partial charge in [0.1, 0.15) is 0 Å². The number of carbonyl (C=O) groups excluding carboxylic acids is 2. The smallest absolute Gasteiger partial charge is 0.225 e. The van der Waals surface area contributed by atoms with Gasteiger partial charge in [-0.1, -0.05) is 6.07 Å². The second-order valence-electron chi connectivity index (χ2n) is 5.90. The first-order valence-electron chi connectivity index (χ1n) is 7.98. The van der Waals surface area contributed by atoms with E-state index in [4.69, 9.17) is 0 Å². The maximum atomic E-state index is 12.3. The van der Waals surface area contributed by atoms with Crippen molar-refractivity contribution in [3.05, 3.63) is 46.2 Å². The Morgan fingerprint density at radius 3 is 3.00 bits per heavy atom. The number of aryl methyl sites for hydroxylation is 1. The molecule has 0 bridgehead atoms. The molecule has 0 radical (unpaired) electrons. The summed E-state index contributed by atoms with van der Waals surface area (Å²) in [6.07, 6.45) is 2.70. The number of nitrogens with zero attached hydrogens (tertiary/aromatic N) is 3. The zero-order chi connectivity index (χ0) is 16.9. The molecule has 1 atom stereocenters. The van der Waals surface area contributed by atoms with Crippen molar-refractivity contribution < 1.29 is 9.59 Å². The molecule has 0 aromatic carbocycles. The van der Waals surface area contributed by atoms with Crippen LogP contribution in [0.4, 0.5) is 0 Å². The van der Waals surface area contributed by atoms with Gasteiger partial charge < -0.3 is 10.2 Å². The highest BCUT2D eigenvalue weighted by molar-refractivity contribution is 7.09. The number of amides is 2. The molecule has 0 unspecified atom stereocenters. The predicted octanol–water partition coefficient (Wildman–Crippen LogP) is 1.55. The number of hydrogen-bond donors (Lipinski definition) is 1. The number of rotatable bonds is 6. The summed E-state index contributed by atoms with van der Waals surface area (Å²) in [5.41, 5.74) is 1.84. The molecule has 1 N–H and O–H groups in total. The predicted molar refractivity (Wildman–Crippen MR) is 91.3 cm³/mol. The van der Waals surface area contributed by atoms with Crippen molar-refractivity contribution in [2.24, 2.45) is 5.92 Å². The summed E-state index contributed by atoms with van der Waals surface area (Å²) in [6.45, 7) is 3.43. The van der Waals surface area contributed by atoms with Crippen molar-refractivity contribution in [3.8, 4) is 0 Å². The molecule has 2 aromatic heterocycles. The number of thiazole rings is 1. The first-order valence-corrected chi connectivity index (χ1v) is 8.86. The largest absolute Gasteiger partial charge is 0.355 e. The Morgan fingerprint density at radius 2 is 2.29 bits per heavy atom. The summed E-state index contributed by atoms with van der Waals surface area (Å²) in [4.78, 5) is 34.7. The number of carbonyl (C=O) groups is 2. The van der Waals surface area contributed by atoms with Crippen LogP contribution in [-0.2, 0) is 22.6 Å². The fourth-order valence-corrected chi connectivity index (χ4v) is 3.42. The van der Waals surface area contributed by atoms with Gasteiger partial charge in [-0.05, 0) is 19.1 Å². The van der Waals surface area contributed by atoms with Crippen LogP contribution in [0.5, 0.6) is 0 Å². The van der Waals surface area contributed by atoms with E-state index >= 15 is 0 Å². The van der Waals surface area contributed by atoms with E-state index in [-0.39, 0.29) is 24.2 Å². The normalized spacial score (nSPS) is 17.3. The Balaban J connectivity index is 1.47. The summed E-state index contributed by atoms with van der Waals surface area (Å²) in [5, 5.41) is 5.96. The lowest BCUT2D eigenvalue weighted by Crippen LogP contribution is -2.34. The molecule has 3 rings (SSSR count). The van der Waals surface area contributed by atoms with E-state index in [1.165, 1.54) is 0 Å². The fourth-order valence-electron chi connectivity index (χ4n) is 2.77. The average molecular weight is 344 g/mol. The maximum absolute atomic E-state index is 12.3. The van der Waals surface area contributed by atoms with Crippen LogP contribution in [0.3, 0.4) is 0 Å². The Bertz CT molecular complexity index is 716. The Kier molecular flexibility index (Phi) is 5.20. The van der Waals surface area contributed by atoms with Gasteiger partial charge in [-0.25, -0.2) is 4.98 Å². The van der Waals surface area contributed by atoms with Crippen molar-refractivity contribution >= 4 is 23.2 Å². The fraction of sp³-hybridized carbons (Fsp3) is 0.412. The summed E-state index contributed by atoms with van der Waals surface area (Å²) in [5.74, 6) is -0.326. The molecule has 1 fully saturated rings. The third-order valence-electron chi connectivity index (χ3n) is 4.01. The standard InChI is InChI=1S/C17H20N4O2S/c1-12-20-15(11-24-12)5-7-19-17(23)13-8-16(22)21(9-13)10-14-4-2-3-6-18-14/h2-4,6,11,13H,5,7-10H2,1H3,(H,19,23)/t13-/m0/s1. The highest BCUT2D eigenvalue weighted by Crippen LogP contribution is 2.19. The van der Waals surface area contributed by atoms with Crippen LogP contribution in [0, 0.1) is 12.8 Å². The molecule has 1 aliphatic rings. The number of likely N-dealkylation sites (tertiary alicyclic amines) is 1. The van der Waals surface area contributed by atoms with Crippen molar-refractivity contribution in [3.63, 3.8) is 0 Å². The van der Waals surface area contributed by atoms with Gasteiger partial charge in [-0.15, -0.1) is 11.3 Å². The van der Waals surface area contributed by atoms with E-state index in [1.807, 2.05) is 30.5 Å². The van der Waals surface area contributed by atoms with Gasteiger partial charge in [0.25, 0.3) is 0 Å². The van der Waals surface area contributed by atoms with Crippen molar-refractivity contribution in [2.75, 3.05) is 13.1 Å². The van der Waals surface area contributed by atoms with Gasteiger partial charge in [0, 0.05) is 37.5 Å². The van der Waals surface area contributed by atoms with Crippen LogP contribution in [-0.4, -0.2) is 39.8 Å². The van der Waals surface area contributed by atoms with Crippen LogP contribution in [0.2, 0.25) is 0 Å². The summed E-state index contributed by atoms with van der Waals surface area (Å²) in [7, 11) is 0. The Hall–Kier alpha value is -2.28. The van der Waals surface area contributed by atoms with Gasteiger partial charge in [-0.3, -0.25) is 14.6 Å². The highest BCUT2D eigenvalue weighted by atomic mass is 32.1. The van der Waals surface area contributed by atoms with Gasteiger partial charge in [0.15, 0.2) is 0 Å². The Morgan fingerprint density at radius 1 is 1.42 bits per heavy atom. The molecular weight excluding hydrogens is 324 g/mol. The monoisotopic (exact) mass is 344 g/mol. The van der Waals surface area contributed by atoms with Crippen LogP contribution in [0.25, 0.3) is 0 Å². The number of aromatic nitrogens is 2. The third kappa shape index (κ3) is 4.17. The first-order chi connectivity index (χ1) is 11.6. The van der Waals surface area contributed by atoms with Gasteiger partial charge in [0.2, 0.25) is 11.8 Å². The molecular formula is C17H20N4O2S. The molecule has 126 valence electrons. The van der Waals surface area contributed by atoms with E-state index in [1.54, 1.807) is 22.4 Å². The van der Waals surface area contributed by atoms with E-state index in [9.17, 15) is 9.59 Å². The summed E-state index contributed by atoms with van der Waals surface area (Å²) in [6, 6.07) is 5.62. The maximum Gasteiger partial charge on any atom is 0.225 e. The topological polar surface area (TPSA) is 75.2 Å². The van der Waals surface area contributed by atoms with Crippen molar-refractivity contribution in [1.29, 1.82) is 0 Å². The van der Waals surface area contributed by atoms with Crippen molar-refractivity contribution in [2.45, 2.75) is 26.3 Å². The quantitative estimate of drug-likeness (QED) is 0.863. The van der Waals surface area contributed by atoms with Crippen LogP contribution in [0.15, 0.2) is 29.8 Å². The number of nitrogens with one attached hydrogen (secondary N) is 1. The van der Waals surface area contributed by atoms with E-state index in [0.717, 1.165) is 16.4 Å². The molecule has 7 heteroatoms. The van der Waals surface area contributed by atoms with Gasteiger partial charge >= 0.3 is 0 Å². The van der Waals surface area contributed by atoms with Crippen LogP contribution in [0.1, 0.15) is 22.8 Å². The first kappa shape index (κ1) is 16.6. The second kappa shape index (κ2) is 7.53. The van der Waals surface area contributed by atoms with Gasteiger partial charge in [0.05, 0.1) is 28.9 Å². The SMILES string of the molecule is Cc1nc(CCNC(=O)[C@H]2CC(=O)N(Cc3ccccn3)C2)cs1. The molecule has 1 saturated heterocycles. The highest BCUT2D eigenvalue weighted by Gasteiger charge is 2.34. The van der Waals surface area contributed by atoms with Crippen LogP contribution >= 0.6 is 11.3 Å². The third-order valence-corrected chi connectivity index (χ3v) is 4.83. The lowest BCUT2D eigenvalue weighted by atomic mass is 10.1. The molecule has 0 spiro atoms. The molecule has 3 heterocycles. The summed E-state index contributed by atoms with van der Waals surface area (Å²) >= 11 is 1.61. The van der Waals surface area contributed by atoms with Crippen LogP contribution < -0.4 is 5.32 Å². The van der Waals surface area contributed by atoms with E-state index < -0.39 is 0 Å². The zero-order valence-electron chi connectivity index (χ0n) is 13.6. The molecule has 2 aromatic rings. The van der Waals surface area contributed by atoms with Crippen molar-refractivity contribution in [1.82, 2.24) is 20.2 Å². The molecule has 24 heavy (non-hydrogen) atoms. The molecule has 0 saturated carbocycles. The zero-order valence-corrected chi connectivity index (χ0v) is 14.4. The lowest BCUT2D eigenvalue weighted by Gasteiger charge is -2.16. The van der Waals surface area contributed by atoms with Gasteiger partial charge in [-0.2, -0.15) is 0 Å². The molecule has 1 aliphatic heterocycles. The number of hydrogen-bond acceptors (Lipinski definition) is 5. The van der Waals surface area contributed by atoms with E-state index in [0.29, 0.717) is 26.1 Å². The van der Waals surface area contributed by atoms with E-state index in [2.05, 4.69) is 15.3 Å². The summed E-state index contributed by atoms with van der Waals surface area (Å²) < 4.78 is 0. The molecule has 2 amide bonds. The second-order valence-corrected chi connectivity index (χ2v) is 6.96. The minimum Gasteiger partial charge on any atom is -0.355 e. The minimum absolute atomic E-state index is 0.0101. The minimum atomic E-state index is -0.279. The average Bonchev–Trinajstić information content (AvgIpc) is 3.15. The molecule has 6 nitrogen and oxygen atoms in total. The number of pyridine rings is 1. The lowest BCUT2D eigenvalue weighted by molar-refractivity contribution is -0.129.